The average molecular weight is 309 g/mol. The van der Waals surface area contributed by atoms with Crippen LogP contribution in [-0.4, -0.2) is 17.9 Å². The lowest BCUT2D eigenvalue weighted by atomic mass is 10.3. The number of anilines is 1. The predicted octanol–water partition coefficient (Wildman–Crippen LogP) is 3.79. The zero-order valence-electron chi connectivity index (χ0n) is 8.22. The van der Waals surface area contributed by atoms with Crippen LogP contribution in [0.2, 0.25) is 5.02 Å². The second-order valence-corrected chi connectivity index (χ2v) is 5.17. The third-order valence-electron chi connectivity index (χ3n) is 1.74. The number of thioether (sulfide) groups is 1. The van der Waals surface area contributed by atoms with Crippen molar-refractivity contribution < 1.29 is 4.79 Å². The minimum absolute atomic E-state index is 0.0265. The number of benzene rings is 1. The number of rotatable bonds is 4. The van der Waals surface area contributed by atoms with Crippen molar-refractivity contribution in [3.8, 4) is 0 Å². The highest BCUT2D eigenvalue weighted by molar-refractivity contribution is 9.10. The van der Waals surface area contributed by atoms with Gasteiger partial charge in [0.2, 0.25) is 5.91 Å². The molecule has 82 valence electrons. The summed E-state index contributed by atoms with van der Waals surface area (Å²) >= 11 is 10.8. The van der Waals surface area contributed by atoms with Crippen molar-refractivity contribution in [3.05, 3.63) is 27.7 Å². The van der Waals surface area contributed by atoms with E-state index in [1.165, 1.54) is 0 Å². The molecule has 0 aromatic heterocycles. The summed E-state index contributed by atoms with van der Waals surface area (Å²) in [6.45, 7) is 0. The second-order valence-electron chi connectivity index (χ2n) is 2.92. The molecule has 0 aliphatic heterocycles. The maximum atomic E-state index is 11.4. The van der Waals surface area contributed by atoms with Gasteiger partial charge in [-0.2, -0.15) is 11.8 Å². The van der Waals surface area contributed by atoms with Gasteiger partial charge in [-0.05, 0) is 40.4 Å². The monoisotopic (exact) mass is 307 g/mol. The molecule has 5 heteroatoms. The fraction of sp³-hybridized carbons (Fsp3) is 0.300. The van der Waals surface area contributed by atoms with Crippen LogP contribution in [0, 0.1) is 0 Å². The van der Waals surface area contributed by atoms with Crippen LogP contribution in [0.15, 0.2) is 22.7 Å². The van der Waals surface area contributed by atoms with Crippen molar-refractivity contribution in [1.82, 2.24) is 0 Å². The third kappa shape index (κ3) is 4.45. The van der Waals surface area contributed by atoms with E-state index >= 15 is 0 Å². The Hall–Kier alpha value is -0.190. The number of nitrogens with one attached hydrogen (secondary N) is 1. The van der Waals surface area contributed by atoms with Gasteiger partial charge in [0.15, 0.2) is 0 Å². The van der Waals surface area contributed by atoms with Crippen LogP contribution >= 0.6 is 39.3 Å². The van der Waals surface area contributed by atoms with E-state index in [4.69, 9.17) is 11.6 Å². The molecule has 0 aliphatic rings. The molecule has 2 nitrogen and oxygen atoms in total. The van der Waals surface area contributed by atoms with Crippen LogP contribution in [0.3, 0.4) is 0 Å². The largest absolute Gasteiger partial charge is 0.326 e. The molecular weight excluding hydrogens is 298 g/mol. The number of amides is 1. The molecule has 0 spiro atoms. The Morgan fingerprint density at radius 3 is 2.93 bits per heavy atom. The summed E-state index contributed by atoms with van der Waals surface area (Å²) in [6.07, 6.45) is 2.51. The Kier molecular flexibility index (Phi) is 5.50. The lowest BCUT2D eigenvalue weighted by Crippen LogP contribution is -2.11. The summed E-state index contributed by atoms with van der Waals surface area (Å²) < 4.78 is 0.784. The minimum atomic E-state index is 0.0265. The molecule has 1 aromatic carbocycles. The quantitative estimate of drug-likeness (QED) is 0.917. The molecule has 0 radical (unpaired) electrons. The van der Waals surface area contributed by atoms with E-state index in [9.17, 15) is 4.79 Å². The van der Waals surface area contributed by atoms with Gasteiger partial charge in [-0.15, -0.1) is 0 Å². The molecule has 0 fully saturated rings. The summed E-state index contributed by atoms with van der Waals surface area (Å²) in [4.78, 5) is 11.4. The summed E-state index contributed by atoms with van der Waals surface area (Å²) in [7, 11) is 0. The first-order valence-corrected chi connectivity index (χ1v) is 6.94. The topological polar surface area (TPSA) is 29.1 Å². The number of carbonyl (C=O) groups is 1. The molecule has 15 heavy (non-hydrogen) atoms. The molecule has 1 aromatic rings. The van der Waals surface area contributed by atoms with Crippen LogP contribution in [-0.2, 0) is 4.79 Å². The number of hydrogen-bond acceptors (Lipinski definition) is 2. The van der Waals surface area contributed by atoms with E-state index < -0.39 is 0 Å². The Morgan fingerprint density at radius 2 is 2.33 bits per heavy atom. The molecule has 1 amide bonds. The van der Waals surface area contributed by atoms with E-state index in [0.29, 0.717) is 11.4 Å². The fourth-order valence-corrected chi connectivity index (χ4v) is 1.88. The van der Waals surface area contributed by atoms with Crippen molar-refractivity contribution >= 4 is 50.9 Å². The number of halogens is 2. The van der Waals surface area contributed by atoms with Crippen LogP contribution in [0.4, 0.5) is 5.69 Å². The smallest absolute Gasteiger partial charge is 0.225 e. The van der Waals surface area contributed by atoms with E-state index in [1.807, 2.05) is 6.26 Å². The van der Waals surface area contributed by atoms with E-state index in [2.05, 4.69) is 21.2 Å². The zero-order chi connectivity index (χ0) is 11.3. The first kappa shape index (κ1) is 12.9. The molecule has 0 bridgehead atoms. The van der Waals surface area contributed by atoms with Gasteiger partial charge in [-0.1, -0.05) is 11.6 Å². The molecular formula is C10H11BrClNOS. The molecule has 0 saturated heterocycles. The molecule has 0 heterocycles. The van der Waals surface area contributed by atoms with Crippen LogP contribution in [0.5, 0.6) is 0 Å². The fourth-order valence-electron chi connectivity index (χ4n) is 0.992. The van der Waals surface area contributed by atoms with Crippen molar-refractivity contribution in [3.63, 3.8) is 0 Å². The Morgan fingerprint density at radius 1 is 1.60 bits per heavy atom. The van der Waals surface area contributed by atoms with Gasteiger partial charge in [0, 0.05) is 22.3 Å². The predicted molar refractivity (Wildman–Crippen MR) is 70.8 cm³/mol. The molecule has 1 N–H and O–H groups in total. The van der Waals surface area contributed by atoms with E-state index in [1.54, 1.807) is 30.0 Å². The van der Waals surface area contributed by atoms with Gasteiger partial charge < -0.3 is 5.32 Å². The van der Waals surface area contributed by atoms with Gasteiger partial charge in [0.1, 0.15) is 0 Å². The summed E-state index contributed by atoms with van der Waals surface area (Å²) in [5, 5.41) is 3.44. The summed E-state index contributed by atoms with van der Waals surface area (Å²) in [6, 6.07) is 5.32. The minimum Gasteiger partial charge on any atom is -0.326 e. The average Bonchev–Trinajstić information content (AvgIpc) is 2.20. The van der Waals surface area contributed by atoms with Crippen molar-refractivity contribution in [2.24, 2.45) is 0 Å². The lowest BCUT2D eigenvalue weighted by Gasteiger charge is -2.05. The van der Waals surface area contributed by atoms with Crippen LogP contribution in [0.25, 0.3) is 0 Å². The van der Waals surface area contributed by atoms with E-state index in [-0.39, 0.29) is 5.91 Å². The first-order chi connectivity index (χ1) is 7.13. The second kappa shape index (κ2) is 6.40. The third-order valence-corrected chi connectivity index (χ3v) is 3.56. The highest BCUT2D eigenvalue weighted by atomic mass is 79.9. The highest BCUT2D eigenvalue weighted by Gasteiger charge is 2.03. The standard InChI is InChI=1S/C10H11BrClNOS/c1-15-5-4-10(14)13-7-2-3-9(12)8(11)6-7/h2-3,6H,4-5H2,1H3,(H,13,14). The van der Waals surface area contributed by atoms with Gasteiger partial charge in [0.25, 0.3) is 0 Å². The van der Waals surface area contributed by atoms with Gasteiger partial charge in [0.05, 0.1) is 5.02 Å². The molecule has 0 atom stereocenters. The van der Waals surface area contributed by atoms with Crippen LogP contribution < -0.4 is 5.32 Å². The van der Waals surface area contributed by atoms with Gasteiger partial charge >= 0.3 is 0 Å². The van der Waals surface area contributed by atoms with Crippen molar-refractivity contribution in [2.75, 3.05) is 17.3 Å². The van der Waals surface area contributed by atoms with Crippen molar-refractivity contribution in [1.29, 1.82) is 0 Å². The molecule has 0 saturated carbocycles. The highest BCUT2D eigenvalue weighted by Crippen LogP contribution is 2.25. The summed E-state index contributed by atoms with van der Waals surface area (Å²) in [5.74, 6) is 0.860. The summed E-state index contributed by atoms with van der Waals surface area (Å²) in [5.41, 5.74) is 0.761. The zero-order valence-corrected chi connectivity index (χ0v) is 11.4. The SMILES string of the molecule is CSCCC(=O)Nc1ccc(Cl)c(Br)c1. The molecule has 1 rings (SSSR count). The van der Waals surface area contributed by atoms with E-state index in [0.717, 1.165) is 15.9 Å². The Balaban J connectivity index is 2.57. The lowest BCUT2D eigenvalue weighted by molar-refractivity contribution is -0.115. The molecule has 0 unspecified atom stereocenters. The number of hydrogen-bond donors (Lipinski definition) is 1. The van der Waals surface area contributed by atoms with Gasteiger partial charge in [-0.3, -0.25) is 4.79 Å². The van der Waals surface area contributed by atoms with Crippen LogP contribution in [0.1, 0.15) is 6.42 Å². The Bertz CT molecular complexity index is 359. The van der Waals surface area contributed by atoms with Crippen molar-refractivity contribution in [2.45, 2.75) is 6.42 Å². The van der Waals surface area contributed by atoms with Gasteiger partial charge in [-0.25, -0.2) is 0 Å². The Labute approximate surface area is 107 Å². The molecule has 0 aliphatic carbocycles. The maximum absolute atomic E-state index is 11.4. The first-order valence-electron chi connectivity index (χ1n) is 4.37. The normalized spacial score (nSPS) is 10.1. The number of carbonyl (C=O) groups excluding carboxylic acids is 1. The maximum Gasteiger partial charge on any atom is 0.225 e.